The molecule has 0 aliphatic rings. The Balaban J connectivity index is 1.78. The molecule has 5 nitrogen and oxygen atoms in total. The van der Waals surface area contributed by atoms with Crippen LogP contribution in [0.15, 0.2) is 30.6 Å². The Morgan fingerprint density at radius 3 is 3.11 bits per heavy atom. The van der Waals surface area contributed by atoms with Gasteiger partial charge in [0.1, 0.15) is 5.82 Å². The van der Waals surface area contributed by atoms with Gasteiger partial charge < -0.3 is 10.3 Å². The molecule has 18 heavy (non-hydrogen) atoms. The van der Waals surface area contributed by atoms with Crippen LogP contribution in [0.4, 0.5) is 10.3 Å². The van der Waals surface area contributed by atoms with Crippen LogP contribution >= 0.6 is 0 Å². The largest absolute Gasteiger partial charge is 0.352 e. The van der Waals surface area contributed by atoms with Crippen molar-refractivity contribution in [2.24, 2.45) is 7.05 Å². The number of aromatic amines is 1. The number of aromatic nitrogens is 4. The molecule has 0 amide bonds. The highest BCUT2D eigenvalue weighted by atomic mass is 19.1. The number of benzene rings is 1. The second-order valence-corrected chi connectivity index (χ2v) is 4.12. The van der Waals surface area contributed by atoms with Crippen LogP contribution in [0.5, 0.6) is 0 Å². The van der Waals surface area contributed by atoms with E-state index in [4.69, 9.17) is 0 Å². The highest BCUT2D eigenvalue weighted by Gasteiger charge is 2.03. The van der Waals surface area contributed by atoms with E-state index in [1.54, 1.807) is 16.9 Å². The maximum absolute atomic E-state index is 13.0. The molecule has 3 rings (SSSR count). The first-order valence-electron chi connectivity index (χ1n) is 5.57. The van der Waals surface area contributed by atoms with Crippen LogP contribution in [0.3, 0.4) is 0 Å². The van der Waals surface area contributed by atoms with Gasteiger partial charge in [-0.15, -0.1) is 0 Å². The van der Waals surface area contributed by atoms with Gasteiger partial charge in [-0.2, -0.15) is 5.10 Å². The summed E-state index contributed by atoms with van der Waals surface area (Å²) in [4.78, 5) is 7.34. The molecular formula is C12H12FN5. The third-order valence-electron chi connectivity index (χ3n) is 2.66. The van der Waals surface area contributed by atoms with Crippen LogP contribution in [0, 0.1) is 5.82 Å². The van der Waals surface area contributed by atoms with Gasteiger partial charge in [-0.25, -0.2) is 9.37 Å². The van der Waals surface area contributed by atoms with Crippen molar-refractivity contribution >= 4 is 17.0 Å². The summed E-state index contributed by atoms with van der Waals surface area (Å²) in [6.07, 6.45) is 3.71. The minimum absolute atomic E-state index is 0.273. The van der Waals surface area contributed by atoms with E-state index >= 15 is 0 Å². The monoisotopic (exact) mass is 245 g/mol. The van der Waals surface area contributed by atoms with Crippen LogP contribution in [0.2, 0.25) is 0 Å². The van der Waals surface area contributed by atoms with Crippen molar-refractivity contribution in [3.05, 3.63) is 42.0 Å². The van der Waals surface area contributed by atoms with Crippen molar-refractivity contribution in [2.75, 3.05) is 5.32 Å². The molecule has 2 aromatic heterocycles. The van der Waals surface area contributed by atoms with Crippen LogP contribution in [0.25, 0.3) is 11.0 Å². The summed E-state index contributed by atoms with van der Waals surface area (Å²) in [7, 11) is 1.87. The van der Waals surface area contributed by atoms with Crippen molar-refractivity contribution in [1.29, 1.82) is 0 Å². The summed E-state index contributed by atoms with van der Waals surface area (Å²) in [5.41, 5.74) is 2.48. The highest BCUT2D eigenvalue weighted by molar-refractivity contribution is 5.77. The van der Waals surface area contributed by atoms with E-state index in [1.807, 2.05) is 13.2 Å². The first kappa shape index (κ1) is 10.8. The topological polar surface area (TPSA) is 58.5 Å². The molecule has 3 aromatic rings. The van der Waals surface area contributed by atoms with Gasteiger partial charge >= 0.3 is 0 Å². The number of anilines is 1. The Labute approximate surface area is 103 Å². The predicted molar refractivity (Wildman–Crippen MR) is 66.6 cm³/mol. The molecule has 0 saturated heterocycles. The van der Waals surface area contributed by atoms with Gasteiger partial charge in [-0.1, -0.05) is 0 Å². The second kappa shape index (κ2) is 4.14. The number of H-pyrrole nitrogens is 1. The smallest absolute Gasteiger partial charge is 0.201 e. The summed E-state index contributed by atoms with van der Waals surface area (Å²) in [6.45, 7) is 0.621. The van der Waals surface area contributed by atoms with Crippen molar-refractivity contribution in [3.63, 3.8) is 0 Å². The zero-order valence-electron chi connectivity index (χ0n) is 9.81. The van der Waals surface area contributed by atoms with Crippen LogP contribution in [0.1, 0.15) is 5.56 Å². The third kappa shape index (κ3) is 2.04. The molecule has 2 heterocycles. The Morgan fingerprint density at radius 2 is 2.33 bits per heavy atom. The lowest BCUT2D eigenvalue weighted by atomic mass is 10.3. The molecule has 0 aliphatic heterocycles. The summed E-state index contributed by atoms with van der Waals surface area (Å²) in [5, 5.41) is 7.22. The van der Waals surface area contributed by atoms with Gasteiger partial charge in [-0.05, 0) is 18.2 Å². The standard InChI is InChI=1S/C12H12FN5/c1-18-7-8(6-15-18)5-14-12-16-10-3-2-9(13)4-11(10)17-12/h2-4,6-7H,5H2,1H3,(H2,14,16,17). The number of fused-ring (bicyclic) bond motifs is 1. The molecule has 0 radical (unpaired) electrons. The lowest BCUT2D eigenvalue weighted by Crippen LogP contribution is -1.99. The molecule has 0 aliphatic carbocycles. The van der Waals surface area contributed by atoms with Crippen LogP contribution in [-0.2, 0) is 13.6 Å². The van der Waals surface area contributed by atoms with Crippen LogP contribution < -0.4 is 5.32 Å². The van der Waals surface area contributed by atoms with E-state index in [9.17, 15) is 4.39 Å². The fourth-order valence-corrected chi connectivity index (χ4v) is 1.81. The molecule has 0 spiro atoms. The quantitative estimate of drug-likeness (QED) is 0.742. The van der Waals surface area contributed by atoms with E-state index in [0.29, 0.717) is 18.0 Å². The Kier molecular flexibility index (Phi) is 2.47. The Bertz CT molecular complexity index is 685. The molecular weight excluding hydrogens is 233 g/mol. The number of aryl methyl sites for hydroxylation is 1. The minimum Gasteiger partial charge on any atom is -0.352 e. The lowest BCUT2D eigenvalue weighted by Gasteiger charge is -1.98. The number of imidazole rings is 1. The molecule has 2 N–H and O–H groups in total. The number of nitrogens with one attached hydrogen (secondary N) is 2. The number of nitrogens with zero attached hydrogens (tertiary/aromatic N) is 3. The van der Waals surface area contributed by atoms with Gasteiger partial charge in [0.15, 0.2) is 0 Å². The van der Waals surface area contributed by atoms with E-state index in [-0.39, 0.29) is 5.82 Å². The normalized spacial score (nSPS) is 11.0. The van der Waals surface area contributed by atoms with E-state index in [2.05, 4.69) is 20.4 Å². The van der Waals surface area contributed by atoms with Gasteiger partial charge in [-0.3, -0.25) is 4.68 Å². The fourth-order valence-electron chi connectivity index (χ4n) is 1.81. The van der Waals surface area contributed by atoms with Gasteiger partial charge in [0.25, 0.3) is 0 Å². The molecule has 6 heteroatoms. The zero-order valence-corrected chi connectivity index (χ0v) is 9.81. The first-order valence-corrected chi connectivity index (χ1v) is 5.57. The maximum Gasteiger partial charge on any atom is 0.201 e. The molecule has 0 fully saturated rings. The van der Waals surface area contributed by atoms with E-state index in [0.717, 1.165) is 11.1 Å². The highest BCUT2D eigenvalue weighted by Crippen LogP contribution is 2.15. The van der Waals surface area contributed by atoms with Crippen molar-refractivity contribution in [1.82, 2.24) is 19.7 Å². The SMILES string of the molecule is Cn1cc(CNc2nc3ccc(F)cc3[nH]2)cn1. The van der Waals surface area contributed by atoms with Crippen molar-refractivity contribution < 1.29 is 4.39 Å². The maximum atomic E-state index is 13.0. The number of hydrogen-bond donors (Lipinski definition) is 2. The second-order valence-electron chi connectivity index (χ2n) is 4.12. The first-order chi connectivity index (χ1) is 8.70. The van der Waals surface area contributed by atoms with Gasteiger partial charge in [0, 0.05) is 25.4 Å². The van der Waals surface area contributed by atoms with Crippen LogP contribution in [-0.4, -0.2) is 19.7 Å². The third-order valence-corrected chi connectivity index (χ3v) is 2.66. The lowest BCUT2D eigenvalue weighted by molar-refractivity contribution is 0.629. The molecule has 92 valence electrons. The zero-order chi connectivity index (χ0) is 12.5. The van der Waals surface area contributed by atoms with Gasteiger partial charge in [0.05, 0.1) is 17.2 Å². The number of halogens is 1. The molecule has 0 atom stereocenters. The predicted octanol–water partition coefficient (Wildman–Crippen LogP) is 2.05. The van der Waals surface area contributed by atoms with E-state index < -0.39 is 0 Å². The van der Waals surface area contributed by atoms with Crippen molar-refractivity contribution in [2.45, 2.75) is 6.54 Å². The fraction of sp³-hybridized carbons (Fsp3) is 0.167. The molecule has 0 bridgehead atoms. The molecule has 0 saturated carbocycles. The molecule has 1 aromatic carbocycles. The van der Waals surface area contributed by atoms with Crippen molar-refractivity contribution in [3.8, 4) is 0 Å². The summed E-state index contributed by atoms with van der Waals surface area (Å²) >= 11 is 0. The average molecular weight is 245 g/mol. The minimum atomic E-state index is -0.273. The average Bonchev–Trinajstić information content (AvgIpc) is 2.92. The number of hydrogen-bond acceptors (Lipinski definition) is 3. The summed E-state index contributed by atoms with van der Waals surface area (Å²) < 4.78 is 14.8. The Hall–Kier alpha value is -2.37. The molecule has 0 unspecified atom stereocenters. The summed E-state index contributed by atoms with van der Waals surface area (Å²) in [5.74, 6) is 0.351. The van der Waals surface area contributed by atoms with Gasteiger partial charge in [0.2, 0.25) is 5.95 Å². The van der Waals surface area contributed by atoms with E-state index in [1.165, 1.54) is 12.1 Å². The Morgan fingerprint density at radius 1 is 1.44 bits per heavy atom. The summed E-state index contributed by atoms with van der Waals surface area (Å²) in [6, 6.07) is 4.47. The number of rotatable bonds is 3.